The molecule has 0 spiro atoms. The number of methoxy groups -OCH3 is 2. The van der Waals surface area contributed by atoms with Crippen LogP contribution in [0.1, 0.15) is 22.8 Å². The van der Waals surface area contributed by atoms with Crippen molar-refractivity contribution in [1.82, 2.24) is 0 Å². The zero-order valence-electron chi connectivity index (χ0n) is 19.3. The monoisotopic (exact) mass is 480 g/mol. The van der Waals surface area contributed by atoms with E-state index in [1.54, 1.807) is 6.07 Å². The van der Waals surface area contributed by atoms with Gasteiger partial charge in [-0.1, -0.05) is 30.3 Å². The van der Waals surface area contributed by atoms with Crippen molar-refractivity contribution in [1.29, 1.82) is 0 Å². The molecule has 1 N–H and O–H groups in total. The second-order valence-electron chi connectivity index (χ2n) is 7.32. The fourth-order valence-corrected chi connectivity index (χ4v) is 3.06. The van der Waals surface area contributed by atoms with Gasteiger partial charge in [0, 0.05) is 0 Å². The second kappa shape index (κ2) is 11.5. The summed E-state index contributed by atoms with van der Waals surface area (Å²) in [7, 11) is 2.81. The van der Waals surface area contributed by atoms with Crippen molar-refractivity contribution in [3.63, 3.8) is 0 Å². The van der Waals surface area contributed by atoms with Gasteiger partial charge >= 0.3 is 5.97 Å². The Bertz CT molecular complexity index is 1210. The maximum atomic E-state index is 12.6. The number of carbonyl (C=O) groups is 2. The molecular formula is C25H24N2O8. The molecule has 0 aliphatic rings. The third-order valence-corrected chi connectivity index (χ3v) is 4.95. The number of hydrogen-bond acceptors (Lipinski definition) is 8. The highest BCUT2D eigenvalue weighted by atomic mass is 16.6. The van der Waals surface area contributed by atoms with Crippen LogP contribution in [0.5, 0.6) is 17.2 Å². The first kappa shape index (κ1) is 25.0. The van der Waals surface area contributed by atoms with Crippen molar-refractivity contribution < 1.29 is 33.5 Å². The van der Waals surface area contributed by atoms with Crippen LogP contribution in [0.2, 0.25) is 0 Å². The molecule has 0 aromatic heterocycles. The maximum Gasteiger partial charge on any atom is 0.339 e. The third-order valence-electron chi connectivity index (χ3n) is 4.95. The van der Waals surface area contributed by atoms with Crippen molar-refractivity contribution in [2.45, 2.75) is 19.6 Å². The Kier molecular flexibility index (Phi) is 8.23. The fraction of sp³-hybridized carbons (Fsp3) is 0.200. The number of rotatable bonds is 10. The van der Waals surface area contributed by atoms with E-state index in [1.165, 1.54) is 51.5 Å². The molecule has 0 aliphatic carbocycles. The topological polar surface area (TPSA) is 126 Å². The van der Waals surface area contributed by atoms with Crippen LogP contribution in [0.3, 0.4) is 0 Å². The van der Waals surface area contributed by atoms with Crippen LogP contribution in [0, 0.1) is 10.1 Å². The van der Waals surface area contributed by atoms with E-state index in [9.17, 15) is 19.7 Å². The first-order chi connectivity index (χ1) is 16.8. The van der Waals surface area contributed by atoms with Gasteiger partial charge in [-0.2, -0.15) is 0 Å². The molecule has 0 radical (unpaired) electrons. The molecule has 10 heteroatoms. The molecule has 0 fully saturated rings. The lowest BCUT2D eigenvalue weighted by Gasteiger charge is -2.15. The van der Waals surface area contributed by atoms with Gasteiger partial charge in [0.05, 0.1) is 30.8 Å². The number of nitrogens with zero attached hydrogens (tertiary/aromatic N) is 1. The molecule has 1 amide bonds. The summed E-state index contributed by atoms with van der Waals surface area (Å²) in [6, 6.07) is 18.0. The molecule has 35 heavy (non-hydrogen) atoms. The van der Waals surface area contributed by atoms with Crippen LogP contribution in [-0.4, -0.2) is 37.1 Å². The van der Waals surface area contributed by atoms with Crippen molar-refractivity contribution in [3.05, 3.63) is 88.0 Å². The molecule has 0 aliphatic heterocycles. The van der Waals surface area contributed by atoms with E-state index in [4.69, 9.17) is 18.9 Å². The molecule has 3 aromatic carbocycles. The molecule has 10 nitrogen and oxygen atoms in total. The van der Waals surface area contributed by atoms with Gasteiger partial charge in [-0.3, -0.25) is 14.9 Å². The molecule has 0 saturated heterocycles. The first-order valence-electron chi connectivity index (χ1n) is 10.5. The largest absolute Gasteiger partial charge is 0.496 e. The van der Waals surface area contributed by atoms with E-state index in [1.807, 2.05) is 30.3 Å². The smallest absolute Gasteiger partial charge is 0.339 e. The van der Waals surface area contributed by atoms with Gasteiger partial charge in [0.25, 0.3) is 11.6 Å². The van der Waals surface area contributed by atoms with Crippen molar-refractivity contribution in [3.8, 4) is 17.2 Å². The summed E-state index contributed by atoms with van der Waals surface area (Å²) in [6.45, 7) is 1.67. The van der Waals surface area contributed by atoms with Crippen molar-refractivity contribution >= 4 is 23.3 Å². The number of benzene rings is 3. The Balaban J connectivity index is 1.65. The lowest BCUT2D eigenvalue weighted by molar-refractivity contribution is -0.384. The van der Waals surface area contributed by atoms with Crippen LogP contribution in [-0.2, 0) is 16.1 Å². The van der Waals surface area contributed by atoms with Gasteiger partial charge in [0.1, 0.15) is 18.0 Å². The Morgan fingerprint density at radius 1 is 0.971 bits per heavy atom. The number of nitro groups is 1. The lowest BCUT2D eigenvalue weighted by atomic mass is 10.2. The summed E-state index contributed by atoms with van der Waals surface area (Å²) in [5, 5.41) is 13.7. The fourth-order valence-electron chi connectivity index (χ4n) is 3.06. The number of anilines is 1. The highest BCUT2D eigenvalue weighted by Crippen LogP contribution is 2.30. The summed E-state index contributed by atoms with van der Waals surface area (Å²) >= 11 is 0. The molecule has 0 saturated carbocycles. The van der Waals surface area contributed by atoms with Gasteiger partial charge in [-0.05, 0) is 42.8 Å². The predicted octanol–water partition coefficient (Wildman–Crippen LogP) is 4.38. The standard InChI is InChI=1S/C25H24N2O8/c1-16(24(28)26-20-11-10-19(32-2)14-21(20)27(30)31)35-25(29)18-9-12-22(23(13-18)33-3)34-15-17-7-5-4-6-8-17/h4-14,16H,15H2,1-3H3,(H,26,28). The van der Waals surface area contributed by atoms with Crippen LogP contribution >= 0.6 is 0 Å². The van der Waals surface area contributed by atoms with Crippen LogP contribution in [0.25, 0.3) is 0 Å². The summed E-state index contributed by atoms with van der Waals surface area (Å²) < 4.78 is 21.3. The molecule has 3 rings (SSSR count). The minimum Gasteiger partial charge on any atom is -0.496 e. The molecule has 0 bridgehead atoms. The zero-order valence-corrected chi connectivity index (χ0v) is 19.3. The van der Waals surface area contributed by atoms with E-state index in [-0.39, 0.29) is 22.7 Å². The van der Waals surface area contributed by atoms with E-state index in [0.717, 1.165) is 5.56 Å². The number of hydrogen-bond donors (Lipinski definition) is 1. The summed E-state index contributed by atoms with van der Waals surface area (Å²) in [5.41, 5.74) is 0.705. The quantitative estimate of drug-likeness (QED) is 0.257. The molecule has 1 unspecified atom stereocenters. The molecule has 3 aromatic rings. The lowest BCUT2D eigenvalue weighted by Crippen LogP contribution is -2.30. The van der Waals surface area contributed by atoms with E-state index < -0.39 is 22.9 Å². The summed E-state index contributed by atoms with van der Waals surface area (Å²) in [5.74, 6) is -0.489. The van der Waals surface area contributed by atoms with Gasteiger partial charge in [0.2, 0.25) is 0 Å². The van der Waals surface area contributed by atoms with Gasteiger partial charge < -0.3 is 24.3 Å². The summed E-state index contributed by atoms with van der Waals surface area (Å²) in [4.78, 5) is 35.8. The number of nitrogens with one attached hydrogen (secondary N) is 1. The molecule has 0 heterocycles. The van der Waals surface area contributed by atoms with Crippen LogP contribution in [0.4, 0.5) is 11.4 Å². The zero-order chi connectivity index (χ0) is 25.4. The second-order valence-corrected chi connectivity index (χ2v) is 7.32. The predicted molar refractivity (Wildman–Crippen MR) is 127 cm³/mol. The van der Waals surface area contributed by atoms with E-state index in [2.05, 4.69) is 5.32 Å². The average Bonchev–Trinajstić information content (AvgIpc) is 2.87. The van der Waals surface area contributed by atoms with Crippen LogP contribution < -0.4 is 19.5 Å². The number of nitro benzene ring substituents is 1. The summed E-state index contributed by atoms with van der Waals surface area (Å²) in [6.07, 6.45) is -1.23. The molecule has 1 atom stereocenters. The SMILES string of the molecule is COc1ccc(NC(=O)C(C)OC(=O)c2ccc(OCc3ccccc3)c(OC)c2)c([N+](=O)[O-])c1. The molecule has 182 valence electrons. The highest BCUT2D eigenvalue weighted by molar-refractivity contribution is 5.98. The van der Waals surface area contributed by atoms with Crippen LogP contribution in [0.15, 0.2) is 66.7 Å². The highest BCUT2D eigenvalue weighted by Gasteiger charge is 2.23. The van der Waals surface area contributed by atoms with Crippen molar-refractivity contribution in [2.75, 3.05) is 19.5 Å². The minimum absolute atomic E-state index is 0.0507. The Morgan fingerprint density at radius 2 is 1.71 bits per heavy atom. The Morgan fingerprint density at radius 3 is 2.37 bits per heavy atom. The molecular weight excluding hydrogens is 456 g/mol. The van der Waals surface area contributed by atoms with Crippen molar-refractivity contribution in [2.24, 2.45) is 0 Å². The van der Waals surface area contributed by atoms with Gasteiger partial charge in [-0.15, -0.1) is 0 Å². The maximum absolute atomic E-state index is 12.6. The average molecular weight is 480 g/mol. The number of carbonyl (C=O) groups excluding carboxylic acids is 2. The Labute approximate surface area is 201 Å². The normalized spacial score (nSPS) is 11.2. The number of amides is 1. The third kappa shape index (κ3) is 6.47. The first-order valence-corrected chi connectivity index (χ1v) is 10.5. The number of esters is 1. The van der Waals surface area contributed by atoms with Gasteiger partial charge in [0.15, 0.2) is 17.6 Å². The Hall–Kier alpha value is -4.60. The van der Waals surface area contributed by atoms with E-state index >= 15 is 0 Å². The van der Waals surface area contributed by atoms with Gasteiger partial charge in [-0.25, -0.2) is 4.79 Å². The van der Waals surface area contributed by atoms with E-state index in [0.29, 0.717) is 18.1 Å². The number of ether oxygens (including phenoxy) is 4. The minimum atomic E-state index is -1.23.